The average molecular weight is 468 g/mol. The van der Waals surface area contributed by atoms with Crippen molar-refractivity contribution in [3.05, 3.63) is 71.0 Å². The molecule has 32 heavy (non-hydrogen) atoms. The SMILES string of the molecule is CCN(CC)S(=O)(=O)c1ccc(C(=O)N=c2sc3ccc4ccccc4c3n2CC)cc1. The lowest BCUT2D eigenvalue weighted by Crippen LogP contribution is -2.30. The molecule has 0 aliphatic carbocycles. The van der Waals surface area contributed by atoms with Crippen molar-refractivity contribution in [1.82, 2.24) is 8.87 Å². The molecule has 1 amide bonds. The van der Waals surface area contributed by atoms with Gasteiger partial charge in [0.15, 0.2) is 4.80 Å². The van der Waals surface area contributed by atoms with Crippen LogP contribution < -0.4 is 4.80 Å². The molecule has 6 nitrogen and oxygen atoms in total. The highest BCUT2D eigenvalue weighted by Gasteiger charge is 2.21. The van der Waals surface area contributed by atoms with Crippen LogP contribution in [-0.2, 0) is 16.6 Å². The van der Waals surface area contributed by atoms with Gasteiger partial charge in [-0.1, -0.05) is 55.5 Å². The normalized spacial score (nSPS) is 12.8. The first-order chi connectivity index (χ1) is 15.4. The number of nitrogens with zero attached hydrogens (tertiary/aromatic N) is 3. The fourth-order valence-electron chi connectivity index (χ4n) is 3.86. The molecule has 0 saturated carbocycles. The Morgan fingerprint density at radius 2 is 1.66 bits per heavy atom. The molecule has 0 unspecified atom stereocenters. The second kappa shape index (κ2) is 8.97. The number of rotatable bonds is 6. The van der Waals surface area contributed by atoms with Gasteiger partial charge in [0.1, 0.15) is 0 Å². The zero-order valence-electron chi connectivity index (χ0n) is 18.3. The Morgan fingerprint density at radius 1 is 0.969 bits per heavy atom. The molecule has 4 aromatic rings. The van der Waals surface area contributed by atoms with Crippen molar-refractivity contribution in [3.8, 4) is 0 Å². The maximum atomic E-state index is 12.9. The van der Waals surface area contributed by atoms with E-state index in [2.05, 4.69) is 33.8 Å². The maximum Gasteiger partial charge on any atom is 0.279 e. The largest absolute Gasteiger partial charge is 0.316 e. The van der Waals surface area contributed by atoms with Gasteiger partial charge in [0, 0.05) is 30.6 Å². The Labute approximate surface area is 191 Å². The zero-order chi connectivity index (χ0) is 22.9. The van der Waals surface area contributed by atoms with Crippen LogP contribution in [0.15, 0.2) is 70.6 Å². The molecule has 3 aromatic carbocycles. The molecule has 0 aliphatic rings. The van der Waals surface area contributed by atoms with E-state index in [0.29, 0.717) is 30.0 Å². The predicted octanol–water partition coefficient (Wildman–Crippen LogP) is 4.65. The number of hydrogen-bond donors (Lipinski definition) is 0. The number of sulfonamides is 1. The van der Waals surface area contributed by atoms with Crippen molar-refractivity contribution < 1.29 is 13.2 Å². The van der Waals surface area contributed by atoms with Gasteiger partial charge < -0.3 is 4.57 Å². The summed E-state index contributed by atoms with van der Waals surface area (Å²) in [5, 5.41) is 2.27. The number of benzene rings is 3. The van der Waals surface area contributed by atoms with Crippen LogP contribution in [0.2, 0.25) is 0 Å². The van der Waals surface area contributed by atoms with Crippen LogP contribution in [0.5, 0.6) is 0 Å². The molecule has 4 rings (SSSR count). The summed E-state index contributed by atoms with van der Waals surface area (Å²) >= 11 is 1.48. The molecular formula is C24H25N3O3S2. The lowest BCUT2D eigenvalue weighted by atomic mass is 10.1. The second-order valence-electron chi connectivity index (χ2n) is 7.29. The number of hydrogen-bond acceptors (Lipinski definition) is 4. The number of thiazole rings is 1. The van der Waals surface area contributed by atoms with Crippen molar-refractivity contribution in [2.45, 2.75) is 32.2 Å². The van der Waals surface area contributed by atoms with Gasteiger partial charge in [-0.15, -0.1) is 0 Å². The molecule has 1 aromatic heterocycles. The van der Waals surface area contributed by atoms with Crippen molar-refractivity contribution in [1.29, 1.82) is 0 Å². The summed E-state index contributed by atoms with van der Waals surface area (Å²) in [4.78, 5) is 18.1. The number of aromatic nitrogens is 1. The van der Waals surface area contributed by atoms with Gasteiger partial charge in [-0.2, -0.15) is 9.30 Å². The van der Waals surface area contributed by atoms with Gasteiger partial charge in [-0.25, -0.2) is 8.42 Å². The number of amides is 1. The summed E-state index contributed by atoms with van der Waals surface area (Å²) in [6, 6.07) is 18.3. The highest BCUT2D eigenvalue weighted by molar-refractivity contribution is 7.89. The first kappa shape index (κ1) is 22.4. The molecule has 0 saturated heterocycles. The number of aryl methyl sites for hydroxylation is 1. The monoisotopic (exact) mass is 467 g/mol. The van der Waals surface area contributed by atoms with Gasteiger partial charge in [-0.3, -0.25) is 4.79 Å². The van der Waals surface area contributed by atoms with E-state index in [1.807, 2.05) is 19.1 Å². The topological polar surface area (TPSA) is 71.7 Å². The smallest absolute Gasteiger partial charge is 0.279 e. The Hall–Kier alpha value is -2.81. The van der Waals surface area contributed by atoms with Crippen molar-refractivity contribution >= 4 is 48.3 Å². The van der Waals surface area contributed by atoms with E-state index < -0.39 is 15.9 Å². The first-order valence-corrected chi connectivity index (χ1v) is 12.9. The van der Waals surface area contributed by atoms with Crippen LogP contribution in [0, 0.1) is 0 Å². The van der Waals surface area contributed by atoms with E-state index in [-0.39, 0.29) is 4.90 Å². The predicted molar refractivity (Wildman–Crippen MR) is 129 cm³/mol. The third-order valence-corrected chi connectivity index (χ3v) is 8.63. The highest BCUT2D eigenvalue weighted by Crippen LogP contribution is 2.27. The van der Waals surface area contributed by atoms with Crippen molar-refractivity contribution in [2.24, 2.45) is 4.99 Å². The number of carbonyl (C=O) groups is 1. The van der Waals surface area contributed by atoms with Crippen LogP contribution in [-0.4, -0.2) is 36.3 Å². The third-order valence-electron chi connectivity index (χ3n) is 5.52. The Kier molecular flexibility index (Phi) is 6.28. The third kappa shape index (κ3) is 3.90. The average Bonchev–Trinajstić information content (AvgIpc) is 3.17. The fourth-order valence-corrected chi connectivity index (χ4v) is 6.42. The summed E-state index contributed by atoms with van der Waals surface area (Å²) in [6.45, 7) is 7.11. The molecule has 166 valence electrons. The zero-order valence-corrected chi connectivity index (χ0v) is 19.9. The van der Waals surface area contributed by atoms with Gasteiger partial charge in [0.05, 0.1) is 15.1 Å². The Balaban J connectivity index is 1.75. The molecule has 1 heterocycles. The molecule has 0 N–H and O–H groups in total. The summed E-state index contributed by atoms with van der Waals surface area (Å²) in [5.41, 5.74) is 1.43. The summed E-state index contributed by atoms with van der Waals surface area (Å²) in [5.74, 6) is -0.394. The number of fused-ring (bicyclic) bond motifs is 3. The van der Waals surface area contributed by atoms with E-state index in [4.69, 9.17) is 0 Å². The molecule has 0 atom stereocenters. The molecular weight excluding hydrogens is 442 g/mol. The number of carbonyl (C=O) groups excluding carboxylic acids is 1. The molecule has 0 aliphatic heterocycles. The summed E-state index contributed by atoms with van der Waals surface area (Å²) < 4.78 is 29.9. The standard InChI is InChI=1S/C24H25N3O3S2/c1-4-26(5-2)32(29,30)19-14-11-18(12-15-19)23(28)25-24-27(6-3)22-20-10-8-7-9-17(20)13-16-21(22)31-24/h7-16H,4-6H2,1-3H3. The fraction of sp³-hybridized carbons (Fsp3) is 0.250. The van der Waals surface area contributed by atoms with Crippen LogP contribution in [0.25, 0.3) is 21.0 Å². The van der Waals surface area contributed by atoms with Crippen molar-refractivity contribution in [3.63, 3.8) is 0 Å². The maximum absolute atomic E-state index is 12.9. The lowest BCUT2D eigenvalue weighted by molar-refractivity contribution is 0.0997. The summed E-state index contributed by atoms with van der Waals surface area (Å²) in [7, 11) is -3.56. The van der Waals surface area contributed by atoms with E-state index in [0.717, 1.165) is 21.0 Å². The minimum Gasteiger partial charge on any atom is -0.316 e. The van der Waals surface area contributed by atoms with Crippen LogP contribution in [0.3, 0.4) is 0 Å². The highest BCUT2D eigenvalue weighted by atomic mass is 32.2. The lowest BCUT2D eigenvalue weighted by Gasteiger charge is -2.18. The van der Waals surface area contributed by atoms with Crippen molar-refractivity contribution in [2.75, 3.05) is 13.1 Å². The van der Waals surface area contributed by atoms with Gasteiger partial charge in [0.25, 0.3) is 5.91 Å². The van der Waals surface area contributed by atoms with E-state index >= 15 is 0 Å². The van der Waals surface area contributed by atoms with Crippen LogP contribution in [0.1, 0.15) is 31.1 Å². The Bertz CT molecular complexity index is 1460. The summed E-state index contributed by atoms with van der Waals surface area (Å²) in [6.07, 6.45) is 0. The molecule has 0 fully saturated rings. The van der Waals surface area contributed by atoms with Gasteiger partial charge >= 0.3 is 0 Å². The Morgan fingerprint density at radius 3 is 2.31 bits per heavy atom. The van der Waals surface area contributed by atoms with Gasteiger partial charge in [0.2, 0.25) is 10.0 Å². The minimum absolute atomic E-state index is 0.176. The van der Waals surface area contributed by atoms with E-state index in [1.165, 1.54) is 39.9 Å². The van der Waals surface area contributed by atoms with Crippen LogP contribution >= 0.6 is 11.3 Å². The molecule has 8 heteroatoms. The van der Waals surface area contributed by atoms with Crippen LogP contribution in [0.4, 0.5) is 0 Å². The quantitative estimate of drug-likeness (QED) is 0.414. The minimum atomic E-state index is -3.56. The van der Waals surface area contributed by atoms with E-state index in [9.17, 15) is 13.2 Å². The molecule has 0 radical (unpaired) electrons. The molecule has 0 bridgehead atoms. The second-order valence-corrected chi connectivity index (χ2v) is 10.2. The van der Waals surface area contributed by atoms with Gasteiger partial charge in [-0.05, 0) is 42.6 Å². The first-order valence-electron chi connectivity index (χ1n) is 10.6. The molecule has 0 spiro atoms. The van der Waals surface area contributed by atoms with E-state index in [1.54, 1.807) is 13.8 Å².